The smallest absolute Gasteiger partial charge is 0.134 e. The molecule has 102 valence electrons. The molecule has 0 fully saturated rings. The van der Waals surface area contributed by atoms with E-state index in [4.69, 9.17) is 14.9 Å². The molecule has 2 N–H and O–H groups in total. The molecule has 0 aliphatic heterocycles. The van der Waals surface area contributed by atoms with Crippen molar-refractivity contribution in [2.24, 2.45) is 5.73 Å². The summed E-state index contributed by atoms with van der Waals surface area (Å²) in [6.45, 7) is 2.69. The summed E-state index contributed by atoms with van der Waals surface area (Å²) in [4.78, 5) is 0. The third kappa shape index (κ3) is 3.69. The van der Waals surface area contributed by atoms with Crippen LogP contribution in [-0.2, 0) is 17.6 Å². The first-order valence-corrected chi connectivity index (χ1v) is 6.62. The Morgan fingerprint density at radius 2 is 2.00 bits per heavy atom. The Labute approximate surface area is 114 Å². The molecule has 2 rings (SSSR count). The van der Waals surface area contributed by atoms with Crippen LogP contribution in [0.2, 0.25) is 0 Å². The van der Waals surface area contributed by atoms with Crippen molar-refractivity contribution in [2.45, 2.75) is 25.8 Å². The van der Waals surface area contributed by atoms with E-state index >= 15 is 0 Å². The maximum absolute atomic E-state index is 5.88. The highest BCUT2D eigenvalue weighted by molar-refractivity contribution is 5.62. The van der Waals surface area contributed by atoms with Gasteiger partial charge in [-0.2, -0.15) is 0 Å². The van der Waals surface area contributed by atoms with Crippen molar-refractivity contribution < 1.29 is 9.15 Å². The molecular weight excluding hydrogens is 238 g/mol. The topological polar surface area (TPSA) is 48.4 Å². The maximum atomic E-state index is 5.88. The van der Waals surface area contributed by atoms with Crippen molar-refractivity contribution in [1.29, 1.82) is 0 Å². The van der Waals surface area contributed by atoms with Gasteiger partial charge in [-0.05, 0) is 31.0 Å². The van der Waals surface area contributed by atoms with Gasteiger partial charge in [0.1, 0.15) is 11.5 Å². The van der Waals surface area contributed by atoms with Crippen LogP contribution in [0.4, 0.5) is 0 Å². The zero-order chi connectivity index (χ0) is 13.7. The molecule has 0 bridgehead atoms. The lowest BCUT2D eigenvalue weighted by molar-refractivity contribution is 0.202. The number of benzene rings is 1. The Morgan fingerprint density at radius 1 is 1.21 bits per heavy atom. The molecule has 2 aromatic rings. The summed E-state index contributed by atoms with van der Waals surface area (Å²) in [5.74, 6) is 1.84. The standard InChI is InChI=1S/C16H21NO2/c1-12(17)11-14-7-8-16(19-14)15-6-4-3-5-13(15)9-10-18-2/h3-8,12H,9-11,17H2,1-2H3. The SMILES string of the molecule is COCCc1ccccc1-c1ccc(CC(C)N)o1. The Hall–Kier alpha value is -1.58. The van der Waals surface area contributed by atoms with Crippen LogP contribution in [0.25, 0.3) is 11.3 Å². The van der Waals surface area contributed by atoms with Crippen molar-refractivity contribution in [1.82, 2.24) is 0 Å². The van der Waals surface area contributed by atoms with Crippen LogP contribution in [-0.4, -0.2) is 19.8 Å². The van der Waals surface area contributed by atoms with E-state index in [9.17, 15) is 0 Å². The summed E-state index contributed by atoms with van der Waals surface area (Å²) in [7, 11) is 1.72. The number of hydrogen-bond acceptors (Lipinski definition) is 3. The third-order valence-corrected chi connectivity index (χ3v) is 3.04. The number of methoxy groups -OCH3 is 1. The summed E-state index contributed by atoms with van der Waals surface area (Å²) in [6.07, 6.45) is 1.65. The summed E-state index contributed by atoms with van der Waals surface area (Å²) in [5, 5.41) is 0. The number of hydrogen-bond donors (Lipinski definition) is 1. The predicted octanol–water partition coefficient (Wildman–Crippen LogP) is 3.03. The van der Waals surface area contributed by atoms with Gasteiger partial charge in [-0.1, -0.05) is 24.3 Å². The normalized spacial score (nSPS) is 12.6. The van der Waals surface area contributed by atoms with E-state index in [1.807, 2.05) is 31.2 Å². The minimum Gasteiger partial charge on any atom is -0.461 e. The number of ether oxygens (including phenoxy) is 1. The van der Waals surface area contributed by atoms with E-state index in [2.05, 4.69) is 12.1 Å². The Kier molecular flexibility index (Phi) is 4.77. The van der Waals surface area contributed by atoms with E-state index in [-0.39, 0.29) is 6.04 Å². The zero-order valence-corrected chi connectivity index (χ0v) is 11.6. The van der Waals surface area contributed by atoms with Gasteiger partial charge in [0.05, 0.1) is 6.61 Å². The van der Waals surface area contributed by atoms with Crippen LogP contribution in [0.1, 0.15) is 18.2 Å². The van der Waals surface area contributed by atoms with Crippen LogP contribution >= 0.6 is 0 Å². The van der Waals surface area contributed by atoms with Gasteiger partial charge in [-0.3, -0.25) is 0 Å². The Morgan fingerprint density at radius 3 is 2.74 bits per heavy atom. The van der Waals surface area contributed by atoms with Gasteiger partial charge in [0.25, 0.3) is 0 Å². The first-order valence-electron chi connectivity index (χ1n) is 6.62. The second kappa shape index (κ2) is 6.55. The molecule has 0 amide bonds. The van der Waals surface area contributed by atoms with E-state index in [1.165, 1.54) is 5.56 Å². The molecule has 0 saturated carbocycles. The molecular formula is C16H21NO2. The quantitative estimate of drug-likeness (QED) is 0.867. The molecule has 0 spiro atoms. The van der Waals surface area contributed by atoms with E-state index in [1.54, 1.807) is 7.11 Å². The molecule has 3 heteroatoms. The van der Waals surface area contributed by atoms with Gasteiger partial charge in [-0.25, -0.2) is 0 Å². The fraction of sp³-hybridized carbons (Fsp3) is 0.375. The molecule has 0 aliphatic carbocycles. The highest BCUT2D eigenvalue weighted by Crippen LogP contribution is 2.26. The average Bonchev–Trinajstić information content (AvgIpc) is 2.84. The van der Waals surface area contributed by atoms with Crippen molar-refractivity contribution in [3.63, 3.8) is 0 Å². The molecule has 1 unspecified atom stereocenters. The minimum atomic E-state index is 0.114. The van der Waals surface area contributed by atoms with Crippen molar-refractivity contribution in [2.75, 3.05) is 13.7 Å². The van der Waals surface area contributed by atoms with Gasteiger partial charge >= 0.3 is 0 Å². The van der Waals surface area contributed by atoms with Crippen LogP contribution in [0.15, 0.2) is 40.8 Å². The van der Waals surface area contributed by atoms with Gasteiger partial charge < -0.3 is 14.9 Å². The van der Waals surface area contributed by atoms with E-state index in [0.29, 0.717) is 6.61 Å². The summed E-state index contributed by atoms with van der Waals surface area (Å²) >= 11 is 0. The summed E-state index contributed by atoms with van der Waals surface area (Å²) in [5.41, 5.74) is 8.17. The average molecular weight is 259 g/mol. The van der Waals surface area contributed by atoms with Crippen molar-refractivity contribution in [3.05, 3.63) is 47.7 Å². The largest absolute Gasteiger partial charge is 0.461 e. The van der Waals surface area contributed by atoms with E-state index in [0.717, 1.165) is 29.9 Å². The van der Waals surface area contributed by atoms with Crippen LogP contribution in [0, 0.1) is 0 Å². The third-order valence-electron chi connectivity index (χ3n) is 3.04. The van der Waals surface area contributed by atoms with Gasteiger partial charge in [0.2, 0.25) is 0 Å². The molecule has 3 nitrogen and oxygen atoms in total. The second-order valence-corrected chi connectivity index (χ2v) is 4.85. The van der Waals surface area contributed by atoms with Crippen LogP contribution in [0.5, 0.6) is 0 Å². The summed E-state index contributed by atoms with van der Waals surface area (Å²) < 4.78 is 11.0. The number of furan rings is 1. The van der Waals surface area contributed by atoms with E-state index < -0.39 is 0 Å². The predicted molar refractivity (Wildman–Crippen MR) is 77.1 cm³/mol. The highest BCUT2D eigenvalue weighted by atomic mass is 16.5. The Bertz CT molecular complexity index is 517. The van der Waals surface area contributed by atoms with Gasteiger partial charge in [-0.15, -0.1) is 0 Å². The summed E-state index contributed by atoms with van der Waals surface area (Å²) in [6, 6.07) is 12.4. The lowest BCUT2D eigenvalue weighted by Crippen LogP contribution is -2.17. The first kappa shape index (κ1) is 13.8. The molecule has 1 aromatic carbocycles. The fourth-order valence-corrected chi connectivity index (χ4v) is 2.14. The molecule has 0 aliphatic rings. The van der Waals surface area contributed by atoms with Crippen LogP contribution < -0.4 is 5.73 Å². The van der Waals surface area contributed by atoms with Gasteiger partial charge in [0, 0.05) is 25.1 Å². The number of rotatable bonds is 6. The second-order valence-electron chi connectivity index (χ2n) is 4.85. The van der Waals surface area contributed by atoms with Crippen molar-refractivity contribution in [3.8, 4) is 11.3 Å². The molecule has 19 heavy (non-hydrogen) atoms. The van der Waals surface area contributed by atoms with Crippen LogP contribution in [0.3, 0.4) is 0 Å². The molecule has 0 radical (unpaired) electrons. The monoisotopic (exact) mass is 259 g/mol. The Balaban J connectivity index is 2.23. The number of nitrogens with two attached hydrogens (primary N) is 1. The molecule has 1 atom stereocenters. The van der Waals surface area contributed by atoms with Crippen molar-refractivity contribution >= 4 is 0 Å². The fourth-order valence-electron chi connectivity index (χ4n) is 2.14. The lowest BCUT2D eigenvalue weighted by atomic mass is 10.0. The zero-order valence-electron chi connectivity index (χ0n) is 11.6. The lowest BCUT2D eigenvalue weighted by Gasteiger charge is -2.07. The minimum absolute atomic E-state index is 0.114. The first-order chi connectivity index (χ1) is 9.20. The molecule has 1 aromatic heterocycles. The molecule has 0 saturated heterocycles. The molecule has 1 heterocycles. The maximum Gasteiger partial charge on any atom is 0.134 e. The highest BCUT2D eigenvalue weighted by Gasteiger charge is 2.10. The van der Waals surface area contributed by atoms with Gasteiger partial charge in [0.15, 0.2) is 0 Å².